The molecular formula is C15H18N2O3. The molecule has 1 amide bonds. The number of amides is 1. The summed E-state index contributed by atoms with van der Waals surface area (Å²) in [5.41, 5.74) is 0.594. The Bertz CT molecular complexity index is 620. The largest absolute Gasteiger partial charge is 0.478 e. The number of aromatic carboxylic acids is 1. The van der Waals surface area contributed by atoms with Gasteiger partial charge >= 0.3 is 5.97 Å². The standard InChI is InChI=1S/C15H18N2O3/c1-8(2)15(4)14(20)16-12(17-15)10-6-5-9(3)7-11(10)13(18)19/h5-8H,1-4H3,(H,18,19)(H,16,17,20)/t15-/m0/s1. The van der Waals surface area contributed by atoms with Crippen molar-refractivity contribution < 1.29 is 14.7 Å². The van der Waals surface area contributed by atoms with E-state index in [-0.39, 0.29) is 17.4 Å². The van der Waals surface area contributed by atoms with Crippen molar-refractivity contribution in [2.45, 2.75) is 33.2 Å². The van der Waals surface area contributed by atoms with E-state index in [1.807, 2.05) is 26.8 Å². The van der Waals surface area contributed by atoms with E-state index in [4.69, 9.17) is 0 Å². The van der Waals surface area contributed by atoms with Crippen LogP contribution in [0.3, 0.4) is 0 Å². The van der Waals surface area contributed by atoms with E-state index in [1.54, 1.807) is 19.1 Å². The molecule has 0 aliphatic carbocycles. The first-order chi connectivity index (χ1) is 9.25. The second-order valence-corrected chi connectivity index (χ2v) is 5.57. The summed E-state index contributed by atoms with van der Waals surface area (Å²) in [5.74, 6) is -0.861. The SMILES string of the molecule is Cc1ccc(C2=N[C@@](C)(C(C)C)C(=O)N2)c(C(=O)O)c1. The molecule has 0 saturated heterocycles. The zero-order chi connectivity index (χ0) is 15.1. The molecule has 0 aromatic heterocycles. The molecule has 2 N–H and O–H groups in total. The first-order valence-electron chi connectivity index (χ1n) is 6.51. The van der Waals surface area contributed by atoms with Crippen LogP contribution in [0.25, 0.3) is 0 Å². The quantitative estimate of drug-likeness (QED) is 0.884. The number of nitrogens with zero attached hydrogens (tertiary/aromatic N) is 1. The van der Waals surface area contributed by atoms with Crippen molar-refractivity contribution in [1.29, 1.82) is 0 Å². The molecule has 5 heteroatoms. The van der Waals surface area contributed by atoms with Gasteiger partial charge in [-0.15, -0.1) is 0 Å². The lowest BCUT2D eigenvalue weighted by molar-refractivity contribution is -0.124. The third-order valence-corrected chi connectivity index (χ3v) is 3.82. The molecule has 20 heavy (non-hydrogen) atoms. The van der Waals surface area contributed by atoms with E-state index >= 15 is 0 Å². The summed E-state index contributed by atoms with van der Waals surface area (Å²) in [6, 6.07) is 5.07. The topological polar surface area (TPSA) is 78.8 Å². The number of amidine groups is 1. The van der Waals surface area contributed by atoms with Gasteiger partial charge in [0.25, 0.3) is 5.91 Å². The number of carboxylic acids is 1. The number of rotatable bonds is 3. The minimum atomic E-state index is -1.03. The third-order valence-electron chi connectivity index (χ3n) is 3.82. The second-order valence-electron chi connectivity index (χ2n) is 5.57. The van der Waals surface area contributed by atoms with Crippen LogP contribution in [0.2, 0.25) is 0 Å². The van der Waals surface area contributed by atoms with Crippen molar-refractivity contribution >= 4 is 17.7 Å². The van der Waals surface area contributed by atoms with Crippen LogP contribution in [-0.4, -0.2) is 28.4 Å². The average molecular weight is 274 g/mol. The lowest BCUT2D eigenvalue weighted by Gasteiger charge is -2.21. The maximum Gasteiger partial charge on any atom is 0.336 e. The van der Waals surface area contributed by atoms with Crippen molar-refractivity contribution in [3.63, 3.8) is 0 Å². The highest BCUT2D eigenvalue weighted by atomic mass is 16.4. The highest BCUT2D eigenvalue weighted by Crippen LogP contribution is 2.27. The van der Waals surface area contributed by atoms with Gasteiger partial charge in [0.1, 0.15) is 11.4 Å². The van der Waals surface area contributed by atoms with Crippen molar-refractivity contribution in [1.82, 2.24) is 5.32 Å². The monoisotopic (exact) mass is 274 g/mol. The number of carbonyl (C=O) groups is 2. The van der Waals surface area contributed by atoms with Crippen molar-refractivity contribution in [2.24, 2.45) is 10.9 Å². The Morgan fingerprint density at radius 3 is 2.55 bits per heavy atom. The van der Waals surface area contributed by atoms with Gasteiger partial charge in [0, 0.05) is 5.56 Å². The number of hydrogen-bond donors (Lipinski definition) is 2. The van der Waals surface area contributed by atoms with Crippen LogP contribution in [0.4, 0.5) is 0 Å². The summed E-state index contributed by atoms with van der Waals surface area (Å²) in [4.78, 5) is 27.9. The molecule has 106 valence electrons. The zero-order valence-corrected chi connectivity index (χ0v) is 12.0. The Kier molecular flexibility index (Phi) is 3.38. The number of hydrogen-bond acceptors (Lipinski definition) is 3. The summed E-state index contributed by atoms with van der Waals surface area (Å²) in [6.45, 7) is 7.41. The van der Waals surface area contributed by atoms with Crippen molar-refractivity contribution in [3.8, 4) is 0 Å². The minimum absolute atomic E-state index is 0.0266. The van der Waals surface area contributed by atoms with Crippen molar-refractivity contribution in [3.05, 3.63) is 34.9 Å². The fourth-order valence-corrected chi connectivity index (χ4v) is 2.11. The Hall–Kier alpha value is -2.17. The molecule has 0 fully saturated rings. The molecule has 0 spiro atoms. The molecule has 1 aliphatic rings. The summed E-state index contributed by atoms with van der Waals surface area (Å²) in [5, 5.41) is 12.0. The Morgan fingerprint density at radius 1 is 1.40 bits per heavy atom. The molecule has 0 bridgehead atoms. The van der Waals surface area contributed by atoms with Gasteiger partial charge in [0.15, 0.2) is 0 Å². The van der Waals surface area contributed by atoms with Crippen LogP contribution >= 0.6 is 0 Å². The molecule has 1 heterocycles. The Balaban J connectivity index is 2.54. The second kappa shape index (κ2) is 4.74. The summed E-state index contributed by atoms with van der Waals surface area (Å²) in [7, 11) is 0. The van der Waals surface area contributed by atoms with Gasteiger partial charge in [-0.25, -0.2) is 4.79 Å². The van der Waals surface area contributed by atoms with Gasteiger partial charge in [-0.2, -0.15) is 0 Å². The van der Waals surface area contributed by atoms with Gasteiger partial charge in [-0.05, 0) is 25.8 Å². The highest BCUT2D eigenvalue weighted by molar-refractivity contribution is 6.18. The van der Waals surface area contributed by atoms with Crippen LogP contribution < -0.4 is 5.32 Å². The van der Waals surface area contributed by atoms with E-state index in [0.717, 1.165) is 5.56 Å². The number of carbonyl (C=O) groups excluding carboxylic acids is 1. The summed E-state index contributed by atoms with van der Waals surface area (Å²) >= 11 is 0. The third kappa shape index (κ3) is 2.19. The molecule has 0 unspecified atom stereocenters. The van der Waals surface area contributed by atoms with Gasteiger partial charge in [-0.1, -0.05) is 31.5 Å². The lowest BCUT2D eigenvalue weighted by Crippen LogP contribution is -2.41. The number of aryl methyl sites for hydroxylation is 1. The van der Waals surface area contributed by atoms with E-state index < -0.39 is 11.5 Å². The molecule has 1 atom stereocenters. The van der Waals surface area contributed by atoms with E-state index in [9.17, 15) is 14.7 Å². The molecule has 1 aromatic carbocycles. The number of carboxylic acid groups (broad SMARTS) is 1. The fourth-order valence-electron chi connectivity index (χ4n) is 2.11. The molecular weight excluding hydrogens is 256 g/mol. The Morgan fingerprint density at radius 2 is 2.05 bits per heavy atom. The van der Waals surface area contributed by atoms with Gasteiger partial charge in [0.05, 0.1) is 5.56 Å². The van der Waals surface area contributed by atoms with Gasteiger partial charge in [-0.3, -0.25) is 9.79 Å². The molecule has 0 saturated carbocycles. The smallest absolute Gasteiger partial charge is 0.336 e. The van der Waals surface area contributed by atoms with Crippen molar-refractivity contribution in [2.75, 3.05) is 0 Å². The predicted molar refractivity (Wildman–Crippen MR) is 76.1 cm³/mol. The van der Waals surface area contributed by atoms with E-state index in [0.29, 0.717) is 11.4 Å². The normalized spacial score (nSPS) is 21.9. The first-order valence-corrected chi connectivity index (χ1v) is 6.51. The predicted octanol–water partition coefficient (Wildman–Crippen LogP) is 1.98. The lowest BCUT2D eigenvalue weighted by atomic mass is 9.89. The highest BCUT2D eigenvalue weighted by Gasteiger charge is 2.42. The summed E-state index contributed by atoms with van der Waals surface area (Å²) < 4.78 is 0. The Labute approximate surface area is 117 Å². The fraction of sp³-hybridized carbons (Fsp3) is 0.400. The van der Waals surface area contributed by atoms with Gasteiger partial charge in [0.2, 0.25) is 0 Å². The summed E-state index contributed by atoms with van der Waals surface area (Å²) in [6.07, 6.45) is 0. The molecule has 1 aromatic rings. The van der Waals surface area contributed by atoms with E-state index in [2.05, 4.69) is 10.3 Å². The maximum absolute atomic E-state index is 12.1. The zero-order valence-electron chi connectivity index (χ0n) is 12.0. The maximum atomic E-state index is 12.1. The molecule has 5 nitrogen and oxygen atoms in total. The first kappa shape index (κ1) is 14.2. The minimum Gasteiger partial charge on any atom is -0.478 e. The van der Waals surface area contributed by atoms with E-state index in [1.165, 1.54) is 0 Å². The molecule has 0 radical (unpaired) electrons. The van der Waals surface area contributed by atoms with Crippen LogP contribution in [0.5, 0.6) is 0 Å². The van der Waals surface area contributed by atoms with Gasteiger partial charge < -0.3 is 10.4 Å². The molecule has 2 rings (SSSR count). The number of benzene rings is 1. The van der Waals surface area contributed by atoms with Crippen LogP contribution in [-0.2, 0) is 4.79 Å². The van der Waals surface area contributed by atoms with Crippen LogP contribution in [0, 0.1) is 12.8 Å². The van der Waals surface area contributed by atoms with Crippen LogP contribution in [0.15, 0.2) is 23.2 Å². The number of nitrogens with one attached hydrogen (secondary N) is 1. The van der Waals surface area contributed by atoms with Crippen LogP contribution in [0.1, 0.15) is 42.3 Å². The molecule has 1 aliphatic heterocycles. The average Bonchev–Trinajstić information content (AvgIpc) is 2.66. The number of aliphatic imine (C=N–C) groups is 1.